The molecule has 7 heteroatoms. The van der Waals surface area contributed by atoms with Crippen molar-refractivity contribution >= 4 is 5.82 Å². The predicted molar refractivity (Wildman–Crippen MR) is 105 cm³/mol. The molecule has 28 heavy (non-hydrogen) atoms. The van der Waals surface area contributed by atoms with Crippen molar-refractivity contribution in [2.75, 3.05) is 12.0 Å². The van der Waals surface area contributed by atoms with Gasteiger partial charge in [-0.05, 0) is 37.5 Å². The molecule has 0 radical (unpaired) electrons. The average molecular weight is 382 g/mol. The summed E-state index contributed by atoms with van der Waals surface area (Å²) in [6.07, 6.45) is 5.65. The molecule has 148 valence electrons. The summed E-state index contributed by atoms with van der Waals surface area (Å²) in [6.45, 7) is 2.72. The monoisotopic (exact) mass is 382 g/mol. The first kappa shape index (κ1) is 17.7. The summed E-state index contributed by atoms with van der Waals surface area (Å²) in [5.74, 6) is 2.47. The van der Waals surface area contributed by atoms with Gasteiger partial charge in [-0.25, -0.2) is 9.97 Å². The molecule has 0 aliphatic carbocycles. The van der Waals surface area contributed by atoms with Crippen LogP contribution in [0.3, 0.4) is 0 Å². The minimum absolute atomic E-state index is 0.196. The van der Waals surface area contributed by atoms with Crippen LogP contribution in [0.15, 0.2) is 24.4 Å². The zero-order valence-electron chi connectivity index (χ0n) is 16.3. The highest BCUT2D eigenvalue weighted by atomic mass is 16.5. The molecule has 2 N–H and O–H groups in total. The molecule has 2 bridgehead atoms. The van der Waals surface area contributed by atoms with E-state index in [2.05, 4.69) is 28.2 Å². The third-order valence-electron chi connectivity index (χ3n) is 6.21. The van der Waals surface area contributed by atoms with E-state index in [-0.39, 0.29) is 6.10 Å². The van der Waals surface area contributed by atoms with Crippen LogP contribution < -0.4 is 19.7 Å². The molecule has 7 nitrogen and oxygen atoms in total. The Morgan fingerprint density at radius 2 is 2.00 bits per heavy atom. The minimum Gasteiger partial charge on any atom is -0.489 e. The van der Waals surface area contributed by atoms with Crippen molar-refractivity contribution in [3.8, 4) is 11.6 Å². The first-order valence-electron chi connectivity index (χ1n) is 9.99. The van der Waals surface area contributed by atoms with E-state index in [9.17, 15) is 5.11 Å². The van der Waals surface area contributed by atoms with Gasteiger partial charge in [0.25, 0.3) is 0 Å². The van der Waals surface area contributed by atoms with E-state index < -0.39 is 6.23 Å². The number of anilines is 1. The normalized spacial score (nSPS) is 28.3. The molecular formula is C21H26N4O3. The fourth-order valence-corrected chi connectivity index (χ4v) is 4.92. The van der Waals surface area contributed by atoms with Gasteiger partial charge in [0.15, 0.2) is 0 Å². The van der Waals surface area contributed by atoms with Gasteiger partial charge < -0.3 is 19.5 Å². The Kier molecular flexibility index (Phi) is 4.36. The summed E-state index contributed by atoms with van der Waals surface area (Å²) in [5, 5.41) is 13.1. The lowest BCUT2D eigenvalue weighted by Crippen LogP contribution is -2.47. The highest BCUT2D eigenvalue weighted by molar-refractivity contribution is 5.53. The Bertz CT molecular complexity index is 859. The van der Waals surface area contributed by atoms with Crippen LogP contribution in [0.25, 0.3) is 0 Å². The van der Waals surface area contributed by atoms with E-state index in [1.165, 1.54) is 12.8 Å². The van der Waals surface area contributed by atoms with E-state index in [0.29, 0.717) is 24.5 Å². The van der Waals surface area contributed by atoms with Crippen molar-refractivity contribution in [3.63, 3.8) is 0 Å². The summed E-state index contributed by atoms with van der Waals surface area (Å²) in [4.78, 5) is 11.7. The SMILES string of the molecule is COc1ccc(OC2CC3CCC(C2)N3c2nc3c(cc2C)C(O)NC3)cn1. The molecule has 0 amide bonds. The molecule has 5 rings (SSSR count). The van der Waals surface area contributed by atoms with E-state index >= 15 is 0 Å². The zero-order chi connectivity index (χ0) is 19.3. The molecule has 2 fully saturated rings. The highest BCUT2D eigenvalue weighted by Gasteiger charge is 2.43. The number of hydrogen-bond donors (Lipinski definition) is 2. The maximum atomic E-state index is 10.0. The number of hydrogen-bond acceptors (Lipinski definition) is 7. The number of fused-ring (bicyclic) bond motifs is 3. The van der Waals surface area contributed by atoms with Gasteiger partial charge in [0.2, 0.25) is 5.88 Å². The molecule has 0 spiro atoms. The molecule has 2 saturated heterocycles. The molecule has 5 heterocycles. The predicted octanol–water partition coefficient (Wildman–Crippen LogP) is 2.47. The number of methoxy groups -OCH3 is 1. The topological polar surface area (TPSA) is 79.7 Å². The molecule has 3 unspecified atom stereocenters. The summed E-state index contributed by atoms with van der Waals surface area (Å²) in [5.41, 5.74) is 3.02. The molecule has 2 aromatic heterocycles. The van der Waals surface area contributed by atoms with Gasteiger partial charge in [0.1, 0.15) is 23.9 Å². The number of ether oxygens (including phenoxy) is 2. The van der Waals surface area contributed by atoms with Crippen LogP contribution in [0.5, 0.6) is 11.6 Å². The van der Waals surface area contributed by atoms with Gasteiger partial charge >= 0.3 is 0 Å². The maximum absolute atomic E-state index is 10.0. The number of aromatic nitrogens is 2. The quantitative estimate of drug-likeness (QED) is 0.841. The lowest BCUT2D eigenvalue weighted by atomic mass is 9.98. The Morgan fingerprint density at radius 1 is 1.21 bits per heavy atom. The number of aryl methyl sites for hydroxylation is 1. The molecule has 0 saturated carbocycles. The lowest BCUT2D eigenvalue weighted by Gasteiger charge is -2.40. The fourth-order valence-electron chi connectivity index (χ4n) is 4.92. The van der Waals surface area contributed by atoms with Crippen LogP contribution in [0.2, 0.25) is 0 Å². The van der Waals surface area contributed by atoms with Gasteiger partial charge in [-0.2, -0.15) is 0 Å². The Balaban J connectivity index is 1.33. The second-order valence-corrected chi connectivity index (χ2v) is 7.99. The van der Waals surface area contributed by atoms with Crippen LogP contribution in [-0.2, 0) is 6.54 Å². The summed E-state index contributed by atoms with van der Waals surface area (Å²) in [7, 11) is 1.61. The smallest absolute Gasteiger partial charge is 0.213 e. The number of piperidine rings is 1. The van der Waals surface area contributed by atoms with Crippen molar-refractivity contribution < 1.29 is 14.6 Å². The second-order valence-electron chi connectivity index (χ2n) is 7.99. The Morgan fingerprint density at radius 3 is 2.68 bits per heavy atom. The third-order valence-corrected chi connectivity index (χ3v) is 6.21. The summed E-state index contributed by atoms with van der Waals surface area (Å²) >= 11 is 0. The molecular weight excluding hydrogens is 356 g/mol. The lowest BCUT2D eigenvalue weighted by molar-refractivity contribution is 0.149. The van der Waals surface area contributed by atoms with Crippen molar-refractivity contribution in [2.45, 2.75) is 63.6 Å². The maximum Gasteiger partial charge on any atom is 0.213 e. The molecule has 3 atom stereocenters. The standard InChI is InChI=1S/C21H26N4O3/c1-12-7-17-18(11-23-21(17)26)24-20(12)25-13-3-4-14(25)9-16(8-13)28-15-5-6-19(27-2)22-10-15/h5-7,10,13-14,16,21,23,26H,3-4,8-9,11H2,1-2H3. The van der Waals surface area contributed by atoms with Crippen LogP contribution in [0, 0.1) is 6.92 Å². The number of aliphatic hydroxyl groups is 1. The number of rotatable bonds is 4. The van der Waals surface area contributed by atoms with E-state index in [1.807, 2.05) is 12.1 Å². The first-order valence-corrected chi connectivity index (χ1v) is 9.99. The fraction of sp³-hybridized carbons (Fsp3) is 0.524. The molecule has 2 aromatic rings. The van der Waals surface area contributed by atoms with Gasteiger partial charge in [-0.1, -0.05) is 0 Å². The third kappa shape index (κ3) is 2.99. The summed E-state index contributed by atoms with van der Waals surface area (Å²) in [6, 6.07) is 6.73. The van der Waals surface area contributed by atoms with Crippen LogP contribution in [0.4, 0.5) is 5.82 Å². The molecule has 3 aliphatic heterocycles. The largest absolute Gasteiger partial charge is 0.489 e. The van der Waals surface area contributed by atoms with Gasteiger partial charge in [-0.15, -0.1) is 0 Å². The summed E-state index contributed by atoms with van der Waals surface area (Å²) < 4.78 is 11.3. The second kappa shape index (κ2) is 6.90. The number of aliphatic hydroxyl groups excluding tert-OH is 1. The van der Waals surface area contributed by atoms with Crippen molar-refractivity contribution in [3.05, 3.63) is 41.2 Å². The van der Waals surface area contributed by atoms with Crippen molar-refractivity contribution in [2.24, 2.45) is 0 Å². The number of nitrogens with one attached hydrogen (secondary N) is 1. The number of pyridine rings is 2. The van der Waals surface area contributed by atoms with Gasteiger partial charge in [0, 0.05) is 43.1 Å². The van der Waals surface area contributed by atoms with Crippen LogP contribution >= 0.6 is 0 Å². The van der Waals surface area contributed by atoms with E-state index in [1.54, 1.807) is 13.3 Å². The van der Waals surface area contributed by atoms with Crippen molar-refractivity contribution in [1.82, 2.24) is 15.3 Å². The van der Waals surface area contributed by atoms with E-state index in [4.69, 9.17) is 14.5 Å². The highest BCUT2D eigenvalue weighted by Crippen LogP contribution is 2.41. The van der Waals surface area contributed by atoms with Gasteiger partial charge in [-0.3, -0.25) is 5.32 Å². The number of nitrogens with zero attached hydrogens (tertiary/aromatic N) is 3. The van der Waals surface area contributed by atoms with Crippen LogP contribution in [-0.4, -0.2) is 40.4 Å². The van der Waals surface area contributed by atoms with E-state index in [0.717, 1.165) is 41.2 Å². The van der Waals surface area contributed by atoms with Crippen LogP contribution in [0.1, 0.15) is 48.7 Å². The average Bonchev–Trinajstić information content (AvgIpc) is 3.18. The minimum atomic E-state index is -0.593. The van der Waals surface area contributed by atoms with Crippen molar-refractivity contribution in [1.29, 1.82) is 0 Å². The molecule has 3 aliphatic rings. The Hall–Kier alpha value is -2.38. The van der Waals surface area contributed by atoms with Gasteiger partial charge in [0.05, 0.1) is 19.0 Å². The first-order chi connectivity index (χ1) is 13.6. The Labute approximate surface area is 164 Å². The molecule has 0 aromatic carbocycles. The zero-order valence-corrected chi connectivity index (χ0v) is 16.3.